The van der Waals surface area contributed by atoms with Crippen LogP contribution in [0.4, 0.5) is 0 Å². The van der Waals surface area contributed by atoms with Gasteiger partial charge in [0.25, 0.3) is 0 Å². The number of ketones is 1. The highest BCUT2D eigenvalue weighted by Crippen LogP contribution is 2.25. The largest absolute Gasteiger partial charge is 0.497 e. The van der Waals surface area contributed by atoms with Gasteiger partial charge in [0.1, 0.15) is 5.75 Å². The summed E-state index contributed by atoms with van der Waals surface area (Å²) >= 11 is 1.32. The van der Waals surface area contributed by atoms with Gasteiger partial charge >= 0.3 is 0 Å². The van der Waals surface area contributed by atoms with Crippen LogP contribution in [-0.4, -0.2) is 38.5 Å². The molecule has 7 heteroatoms. The van der Waals surface area contributed by atoms with Crippen molar-refractivity contribution < 1.29 is 9.53 Å². The van der Waals surface area contributed by atoms with E-state index in [1.807, 2.05) is 30.3 Å². The van der Waals surface area contributed by atoms with Gasteiger partial charge in [0.2, 0.25) is 5.16 Å². The standard InChI is InChI=1S/C26H20N4O2S/c1-32-22-13-11-21(12-14-22)24(31)17-33-26-28-27-25-16-15-23(29-30(25)26)20-9-7-19(8-10-20)18-5-3-2-4-6-18/h2-16H,17H2,1H3. The monoisotopic (exact) mass is 452 g/mol. The Balaban J connectivity index is 1.34. The van der Waals surface area contributed by atoms with Gasteiger partial charge in [-0.2, -0.15) is 9.61 Å². The number of ether oxygens (including phenoxy) is 1. The third-order valence-corrected chi connectivity index (χ3v) is 6.19. The zero-order chi connectivity index (χ0) is 22.6. The van der Waals surface area contributed by atoms with Crippen LogP contribution in [0.3, 0.4) is 0 Å². The lowest BCUT2D eigenvalue weighted by atomic mass is 10.0. The summed E-state index contributed by atoms with van der Waals surface area (Å²) in [5.41, 5.74) is 5.40. The molecule has 5 aromatic rings. The van der Waals surface area contributed by atoms with Crippen LogP contribution in [0.5, 0.6) is 5.75 Å². The van der Waals surface area contributed by atoms with Gasteiger partial charge in [0.05, 0.1) is 18.6 Å². The predicted molar refractivity (Wildman–Crippen MR) is 130 cm³/mol. The third-order valence-electron chi connectivity index (χ3n) is 5.27. The molecule has 0 saturated heterocycles. The molecule has 0 atom stereocenters. The molecule has 33 heavy (non-hydrogen) atoms. The normalized spacial score (nSPS) is 10.9. The lowest BCUT2D eigenvalue weighted by molar-refractivity contribution is 0.102. The van der Waals surface area contributed by atoms with E-state index in [2.05, 4.69) is 46.6 Å². The van der Waals surface area contributed by atoms with E-state index in [-0.39, 0.29) is 11.5 Å². The first-order valence-electron chi connectivity index (χ1n) is 10.4. The number of rotatable bonds is 7. The smallest absolute Gasteiger partial charge is 0.212 e. The van der Waals surface area contributed by atoms with Gasteiger partial charge in [-0.25, -0.2) is 0 Å². The summed E-state index contributed by atoms with van der Waals surface area (Å²) in [7, 11) is 1.60. The Morgan fingerprint density at radius 2 is 1.52 bits per heavy atom. The van der Waals surface area contributed by atoms with Gasteiger partial charge in [-0.3, -0.25) is 4.79 Å². The number of carbonyl (C=O) groups is 1. The minimum atomic E-state index is 0.00654. The number of nitrogens with zero attached hydrogens (tertiary/aromatic N) is 4. The van der Waals surface area contributed by atoms with Gasteiger partial charge in [0.15, 0.2) is 11.4 Å². The zero-order valence-corrected chi connectivity index (χ0v) is 18.7. The number of hydrogen-bond donors (Lipinski definition) is 0. The Labute approximate surface area is 195 Å². The second-order valence-corrected chi connectivity index (χ2v) is 8.30. The highest BCUT2D eigenvalue weighted by Gasteiger charge is 2.13. The predicted octanol–water partition coefficient (Wildman–Crippen LogP) is 5.44. The molecule has 0 radical (unpaired) electrons. The Hall–Kier alpha value is -3.97. The maximum absolute atomic E-state index is 12.6. The zero-order valence-electron chi connectivity index (χ0n) is 17.9. The maximum Gasteiger partial charge on any atom is 0.212 e. The summed E-state index contributed by atoms with van der Waals surface area (Å²) in [6, 6.07) is 29.4. The lowest BCUT2D eigenvalue weighted by Crippen LogP contribution is -2.04. The van der Waals surface area contributed by atoms with Gasteiger partial charge < -0.3 is 4.74 Å². The van der Waals surface area contributed by atoms with E-state index in [1.165, 1.54) is 17.3 Å². The number of aromatic nitrogens is 4. The van der Waals surface area contributed by atoms with E-state index < -0.39 is 0 Å². The average Bonchev–Trinajstić information content (AvgIpc) is 3.30. The van der Waals surface area contributed by atoms with Crippen molar-refractivity contribution in [3.8, 4) is 28.1 Å². The Kier molecular flexibility index (Phi) is 5.87. The molecule has 3 aromatic carbocycles. The van der Waals surface area contributed by atoms with Crippen LogP contribution in [0.2, 0.25) is 0 Å². The summed E-state index contributed by atoms with van der Waals surface area (Å²) in [5, 5.41) is 13.7. The number of methoxy groups -OCH3 is 1. The van der Waals surface area contributed by atoms with Crippen LogP contribution in [0.25, 0.3) is 28.0 Å². The summed E-state index contributed by atoms with van der Waals surface area (Å²) in [4.78, 5) is 12.6. The second-order valence-electron chi connectivity index (χ2n) is 7.35. The molecule has 0 bridgehead atoms. The third kappa shape index (κ3) is 4.49. The van der Waals surface area contributed by atoms with E-state index in [0.29, 0.717) is 16.4 Å². The summed E-state index contributed by atoms with van der Waals surface area (Å²) < 4.78 is 6.83. The van der Waals surface area contributed by atoms with Crippen molar-refractivity contribution in [1.82, 2.24) is 19.8 Å². The second kappa shape index (κ2) is 9.26. The summed E-state index contributed by atoms with van der Waals surface area (Å²) in [6.07, 6.45) is 0. The molecule has 0 N–H and O–H groups in total. The number of fused-ring (bicyclic) bond motifs is 1. The Bertz CT molecular complexity index is 1400. The first-order valence-corrected chi connectivity index (χ1v) is 11.4. The summed E-state index contributed by atoms with van der Waals surface area (Å²) in [5.74, 6) is 0.966. The molecule has 0 spiro atoms. The van der Waals surface area contributed by atoms with Crippen LogP contribution >= 0.6 is 11.8 Å². The molecule has 0 unspecified atom stereocenters. The van der Waals surface area contributed by atoms with E-state index in [4.69, 9.17) is 9.84 Å². The lowest BCUT2D eigenvalue weighted by Gasteiger charge is -2.06. The molecule has 0 aliphatic carbocycles. The maximum atomic E-state index is 12.6. The fraction of sp³-hybridized carbons (Fsp3) is 0.0769. The van der Waals surface area contributed by atoms with Crippen LogP contribution < -0.4 is 4.74 Å². The molecule has 0 aliphatic heterocycles. The van der Waals surface area contributed by atoms with Crippen molar-refractivity contribution in [3.05, 3.63) is 96.6 Å². The van der Waals surface area contributed by atoms with E-state index in [1.54, 1.807) is 35.9 Å². The van der Waals surface area contributed by atoms with Crippen molar-refractivity contribution in [2.75, 3.05) is 12.9 Å². The van der Waals surface area contributed by atoms with Crippen molar-refractivity contribution in [2.24, 2.45) is 0 Å². The van der Waals surface area contributed by atoms with Crippen molar-refractivity contribution in [2.45, 2.75) is 5.16 Å². The van der Waals surface area contributed by atoms with E-state index in [9.17, 15) is 4.79 Å². The molecule has 0 saturated carbocycles. The molecule has 0 aliphatic rings. The average molecular weight is 453 g/mol. The fourth-order valence-corrected chi connectivity index (χ4v) is 4.25. The summed E-state index contributed by atoms with van der Waals surface area (Å²) in [6.45, 7) is 0. The number of thioether (sulfide) groups is 1. The molecule has 0 amide bonds. The number of Topliss-reactive ketones (excluding diaryl/α,β-unsaturated/α-hetero) is 1. The molecule has 5 rings (SSSR count). The molecule has 0 fully saturated rings. The van der Waals surface area contributed by atoms with Crippen molar-refractivity contribution >= 4 is 23.2 Å². The SMILES string of the molecule is COc1ccc(C(=O)CSc2nnc3ccc(-c4ccc(-c5ccccc5)cc4)nn23)cc1. The topological polar surface area (TPSA) is 69.4 Å². The highest BCUT2D eigenvalue weighted by atomic mass is 32.2. The minimum absolute atomic E-state index is 0.00654. The van der Waals surface area contributed by atoms with Gasteiger partial charge in [-0.05, 0) is 47.5 Å². The van der Waals surface area contributed by atoms with Crippen molar-refractivity contribution in [1.29, 1.82) is 0 Å². The molecular formula is C26H20N4O2S. The molecule has 2 aromatic heterocycles. The molecule has 162 valence electrons. The van der Waals surface area contributed by atoms with Crippen LogP contribution in [0.1, 0.15) is 10.4 Å². The van der Waals surface area contributed by atoms with E-state index in [0.717, 1.165) is 22.6 Å². The van der Waals surface area contributed by atoms with Crippen LogP contribution in [0.15, 0.2) is 96.2 Å². The van der Waals surface area contributed by atoms with Crippen LogP contribution in [0, 0.1) is 0 Å². The molecule has 6 nitrogen and oxygen atoms in total. The Morgan fingerprint density at radius 3 is 2.24 bits per heavy atom. The number of carbonyl (C=O) groups excluding carboxylic acids is 1. The van der Waals surface area contributed by atoms with Gasteiger partial charge in [-0.15, -0.1) is 10.2 Å². The van der Waals surface area contributed by atoms with Gasteiger partial charge in [-0.1, -0.05) is 66.4 Å². The number of benzene rings is 3. The first-order chi connectivity index (χ1) is 16.2. The minimum Gasteiger partial charge on any atom is -0.497 e. The molecular weight excluding hydrogens is 432 g/mol. The van der Waals surface area contributed by atoms with Crippen molar-refractivity contribution in [3.63, 3.8) is 0 Å². The highest BCUT2D eigenvalue weighted by molar-refractivity contribution is 7.99. The Morgan fingerprint density at radius 1 is 0.818 bits per heavy atom. The number of hydrogen-bond acceptors (Lipinski definition) is 6. The van der Waals surface area contributed by atoms with Gasteiger partial charge in [0, 0.05) is 11.1 Å². The molecule has 2 heterocycles. The van der Waals surface area contributed by atoms with E-state index >= 15 is 0 Å². The fourth-order valence-electron chi connectivity index (χ4n) is 3.47. The quantitative estimate of drug-likeness (QED) is 0.242. The van der Waals surface area contributed by atoms with Crippen LogP contribution in [-0.2, 0) is 0 Å². The first kappa shape index (κ1) is 20.9.